The van der Waals surface area contributed by atoms with E-state index in [9.17, 15) is 25.3 Å². The fourth-order valence-electron chi connectivity index (χ4n) is 7.90. The van der Waals surface area contributed by atoms with Gasteiger partial charge in [-0.15, -0.1) is 0 Å². The number of pyridine rings is 3. The van der Waals surface area contributed by atoms with E-state index in [4.69, 9.17) is 0 Å². The van der Waals surface area contributed by atoms with Crippen LogP contribution in [0.5, 0.6) is 0 Å². The quantitative estimate of drug-likeness (QED) is 0.0312. The summed E-state index contributed by atoms with van der Waals surface area (Å²) in [6.07, 6.45) is 21.9. The molecule has 0 fully saturated rings. The van der Waals surface area contributed by atoms with Crippen LogP contribution in [0.25, 0.3) is 50.5 Å². The smallest absolute Gasteiger partial charge is 0.241 e. The Balaban J connectivity index is 0.000000175. The van der Waals surface area contributed by atoms with Crippen LogP contribution < -0.4 is 30.1 Å². The molecular formula is C60H60Br3N9O6S3. The maximum absolute atomic E-state index is 12.6. The molecule has 0 unspecified atom stereocenters. The summed E-state index contributed by atoms with van der Waals surface area (Å²) in [5.41, 5.74) is 3.35. The van der Waals surface area contributed by atoms with Gasteiger partial charge in [0.2, 0.25) is 30.1 Å². The largest absolute Gasteiger partial charge is 0.312 e. The minimum atomic E-state index is -3.57. The molecule has 0 amide bonds. The van der Waals surface area contributed by atoms with E-state index < -0.39 is 30.1 Å². The van der Waals surface area contributed by atoms with Crippen LogP contribution in [0.2, 0.25) is 0 Å². The first-order valence-electron chi connectivity index (χ1n) is 25.5. The Hall–Kier alpha value is -6.18. The molecule has 9 rings (SSSR count). The second-order valence-electron chi connectivity index (χ2n) is 17.7. The molecule has 0 radical (unpaired) electrons. The first-order chi connectivity index (χ1) is 39.2. The van der Waals surface area contributed by atoms with E-state index in [0.717, 1.165) is 46.3 Å². The molecule has 0 saturated carbocycles. The molecule has 0 atom stereocenters. The highest BCUT2D eigenvalue weighted by Crippen LogP contribution is 2.24. The lowest BCUT2D eigenvalue weighted by Crippen LogP contribution is -2.32. The van der Waals surface area contributed by atoms with Crippen LogP contribution in [0, 0.1) is 0 Å². The molecule has 0 saturated heterocycles. The lowest BCUT2D eigenvalue weighted by atomic mass is 10.2. The molecule has 0 aliphatic carbocycles. The normalized spacial score (nSPS) is 12.0. The highest BCUT2D eigenvalue weighted by molar-refractivity contribution is 9.11. The number of fused-ring (bicyclic) bond motifs is 3. The number of rotatable bonds is 24. The van der Waals surface area contributed by atoms with Gasteiger partial charge in [-0.3, -0.25) is 15.0 Å². The number of halogens is 3. The molecule has 81 heavy (non-hydrogen) atoms. The molecule has 21 heteroatoms. The van der Waals surface area contributed by atoms with Crippen molar-refractivity contribution in [2.45, 2.75) is 14.7 Å². The fraction of sp³-hybridized carbons (Fsp3) is 0.150. The average molecular weight is 1340 g/mol. The number of hydrogen-bond acceptors (Lipinski definition) is 12. The zero-order valence-electron chi connectivity index (χ0n) is 43.8. The zero-order chi connectivity index (χ0) is 57.3. The third kappa shape index (κ3) is 20.0. The van der Waals surface area contributed by atoms with Crippen molar-refractivity contribution >= 4 is 128 Å². The van der Waals surface area contributed by atoms with Gasteiger partial charge in [-0.2, -0.15) is 0 Å². The van der Waals surface area contributed by atoms with Crippen molar-refractivity contribution in [3.63, 3.8) is 0 Å². The highest BCUT2D eigenvalue weighted by Gasteiger charge is 2.19. The molecule has 3 aromatic heterocycles. The van der Waals surface area contributed by atoms with Gasteiger partial charge < -0.3 is 16.0 Å². The minimum Gasteiger partial charge on any atom is -0.312 e. The van der Waals surface area contributed by atoms with Gasteiger partial charge in [-0.1, -0.05) is 157 Å². The van der Waals surface area contributed by atoms with Crippen LogP contribution in [0.15, 0.2) is 229 Å². The summed E-state index contributed by atoms with van der Waals surface area (Å²) in [7, 11) is -10.7. The minimum absolute atomic E-state index is 0.275. The van der Waals surface area contributed by atoms with Crippen molar-refractivity contribution in [3.05, 3.63) is 231 Å². The summed E-state index contributed by atoms with van der Waals surface area (Å²) in [5, 5.41) is 14.0. The molecule has 15 nitrogen and oxygen atoms in total. The number of nitrogens with one attached hydrogen (secondary N) is 6. The lowest BCUT2D eigenvalue weighted by molar-refractivity contribution is 0.577. The molecule has 420 valence electrons. The van der Waals surface area contributed by atoms with Crippen LogP contribution in [-0.4, -0.2) is 99.1 Å². The number of sulfonamides is 3. The third-order valence-corrected chi connectivity index (χ3v) is 18.0. The van der Waals surface area contributed by atoms with Gasteiger partial charge in [0.15, 0.2) is 0 Å². The highest BCUT2D eigenvalue weighted by atomic mass is 79.9. The lowest BCUT2D eigenvalue weighted by Gasteiger charge is -2.09. The van der Waals surface area contributed by atoms with Crippen LogP contribution in [0.3, 0.4) is 0 Å². The van der Waals surface area contributed by atoms with Gasteiger partial charge in [0.25, 0.3) is 0 Å². The molecule has 0 aliphatic heterocycles. The standard InChI is InChI=1S/3C20H20BrN3O2S/c3*21-18-8-6-16(7-9-18)3-2-11-22-13-14-24-27(25,26)20-5-1-4-17-15-23-12-10-19(17)20/h3*1-10,12,15,22,24H,11,13-14H2/b3*3-2+. The fourth-order valence-corrected chi connectivity index (χ4v) is 12.5. The Morgan fingerprint density at radius 3 is 0.889 bits per heavy atom. The van der Waals surface area contributed by atoms with E-state index in [0.29, 0.717) is 75.1 Å². The van der Waals surface area contributed by atoms with Crippen LogP contribution in [0.4, 0.5) is 0 Å². The van der Waals surface area contributed by atoms with Crippen LogP contribution in [0.1, 0.15) is 16.7 Å². The van der Waals surface area contributed by atoms with Gasteiger partial charge in [-0.25, -0.2) is 39.4 Å². The SMILES string of the molecule is O=S(=O)(NCCNC/C=C/c1ccc(Br)cc1)c1cccc2cnccc12.O=S(=O)(NCCNC/C=C/c1ccc(Br)cc1)c1cccc2cnccc12.O=S(=O)(NCCNC/C=C/c1ccc(Br)cc1)c1cccc2cnccc12. The van der Waals surface area contributed by atoms with Crippen molar-refractivity contribution in [1.29, 1.82) is 0 Å². The van der Waals surface area contributed by atoms with Crippen LogP contribution in [-0.2, 0) is 30.1 Å². The molecule has 0 aliphatic rings. The summed E-state index contributed by atoms with van der Waals surface area (Å²) in [4.78, 5) is 12.9. The van der Waals surface area contributed by atoms with Gasteiger partial charge in [0.05, 0.1) is 14.7 Å². The number of benzene rings is 6. The van der Waals surface area contributed by atoms with E-state index in [1.807, 2.05) is 127 Å². The van der Waals surface area contributed by atoms with Crippen molar-refractivity contribution in [2.24, 2.45) is 0 Å². The molecule has 6 N–H and O–H groups in total. The summed E-state index contributed by atoms with van der Waals surface area (Å²) >= 11 is 10.2. The molecule has 0 spiro atoms. The summed E-state index contributed by atoms with van der Waals surface area (Å²) in [6, 6.07) is 44.8. The van der Waals surface area contributed by atoms with Gasteiger partial charge in [-0.05, 0) is 89.5 Å². The first kappa shape index (κ1) is 62.4. The topological polar surface area (TPSA) is 213 Å². The van der Waals surface area contributed by atoms with Gasteiger partial charge in [0, 0.05) is 142 Å². The maximum atomic E-state index is 12.6. The van der Waals surface area contributed by atoms with Crippen LogP contribution >= 0.6 is 47.8 Å². The Labute approximate surface area is 499 Å². The van der Waals surface area contributed by atoms with E-state index in [1.165, 1.54) is 0 Å². The van der Waals surface area contributed by atoms with Crippen molar-refractivity contribution < 1.29 is 25.3 Å². The molecular weight excluding hydrogens is 1280 g/mol. The maximum Gasteiger partial charge on any atom is 0.241 e. The number of aromatic nitrogens is 3. The predicted octanol–water partition coefficient (Wildman–Crippen LogP) is 10.7. The monoisotopic (exact) mass is 1340 g/mol. The molecule has 0 bridgehead atoms. The summed E-state index contributed by atoms with van der Waals surface area (Å²) in [5.74, 6) is 0. The Morgan fingerprint density at radius 1 is 0.346 bits per heavy atom. The summed E-state index contributed by atoms with van der Waals surface area (Å²) in [6.45, 7) is 4.55. The number of hydrogen-bond donors (Lipinski definition) is 6. The van der Waals surface area contributed by atoms with Gasteiger partial charge >= 0.3 is 0 Å². The zero-order valence-corrected chi connectivity index (χ0v) is 51.0. The second-order valence-corrected chi connectivity index (χ2v) is 25.7. The Morgan fingerprint density at radius 2 is 0.617 bits per heavy atom. The van der Waals surface area contributed by atoms with Gasteiger partial charge in [0.1, 0.15) is 0 Å². The second kappa shape index (κ2) is 31.9. The van der Waals surface area contributed by atoms with E-state index >= 15 is 0 Å². The third-order valence-electron chi connectivity index (χ3n) is 11.9. The van der Waals surface area contributed by atoms with E-state index in [2.05, 4.69) is 92.9 Å². The van der Waals surface area contributed by atoms with E-state index in [-0.39, 0.29) is 14.7 Å². The van der Waals surface area contributed by atoms with Crippen molar-refractivity contribution in [2.75, 3.05) is 58.9 Å². The molecule has 3 heterocycles. The van der Waals surface area contributed by atoms with Crippen molar-refractivity contribution in [3.8, 4) is 0 Å². The Bertz CT molecular complexity index is 3490. The molecule has 9 aromatic rings. The molecule has 6 aromatic carbocycles. The predicted molar refractivity (Wildman–Crippen MR) is 339 cm³/mol. The Kier molecular flexibility index (Phi) is 24.6. The summed E-state index contributed by atoms with van der Waals surface area (Å²) < 4.78 is 86.5. The van der Waals surface area contributed by atoms with E-state index in [1.54, 1.807) is 91.8 Å². The first-order valence-corrected chi connectivity index (χ1v) is 32.4. The average Bonchev–Trinajstić information content (AvgIpc) is 3.52. The number of nitrogens with zero attached hydrogens (tertiary/aromatic N) is 3. The van der Waals surface area contributed by atoms with Crippen molar-refractivity contribution in [1.82, 2.24) is 45.1 Å².